The highest BCUT2D eigenvalue weighted by molar-refractivity contribution is 5.79. The molecule has 0 aliphatic heterocycles. The summed E-state index contributed by atoms with van der Waals surface area (Å²) in [7, 11) is 0. The molecular formula is C16H14F4N4O. The van der Waals surface area contributed by atoms with Gasteiger partial charge in [-0.15, -0.1) is 0 Å². The average molecular weight is 354 g/mol. The number of nitrogen functional groups attached to an aromatic ring is 1. The molecule has 0 unspecified atom stereocenters. The van der Waals surface area contributed by atoms with Crippen LogP contribution in [-0.2, 0) is 13.0 Å². The normalized spacial score (nSPS) is 12.0. The molecule has 0 atom stereocenters. The van der Waals surface area contributed by atoms with E-state index >= 15 is 0 Å². The molecule has 0 radical (unpaired) electrons. The number of H-pyrrole nitrogens is 1. The Hall–Kier alpha value is -2.84. The van der Waals surface area contributed by atoms with Crippen LogP contribution in [0, 0.1) is 5.82 Å². The van der Waals surface area contributed by atoms with Crippen LogP contribution in [0.3, 0.4) is 0 Å². The van der Waals surface area contributed by atoms with Crippen LogP contribution in [0.1, 0.15) is 17.8 Å². The number of nitrogens with one attached hydrogen (secondary N) is 1. The lowest BCUT2D eigenvalue weighted by molar-refractivity contribution is -0.133. The van der Waals surface area contributed by atoms with Crippen molar-refractivity contribution in [2.75, 3.05) is 5.73 Å². The van der Waals surface area contributed by atoms with Crippen molar-refractivity contribution in [2.45, 2.75) is 25.6 Å². The highest BCUT2D eigenvalue weighted by Crippen LogP contribution is 2.26. The fourth-order valence-electron chi connectivity index (χ4n) is 2.59. The first-order valence-electron chi connectivity index (χ1n) is 7.41. The maximum Gasteiger partial charge on any atom is 0.389 e. The zero-order valence-electron chi connectivity index (χ0n) is 12.9. The van der Waals surface area contributed by atoms with Gasteiger partial charge in [0.1, 0.15) is 11.6 Å². The molecule has 3 N–H and O–H groups in total. The molecule has 0 saturated carbocycles. The maximum absolute atomic E-state index is 13.7. The van der Waals surface area contributed by atoms with E-state index in [0.717, 1.165) is 12.1 Å². The first-order valence-corrected chi connectivity index (χ1v) is 7.41. The number of nitrogens with zero attached hydrogens (tertiary/aromatic N) is 2. The number of fused-ring (bicyclic) bond motifs is 1. The fourth-order valence-corrected chi connectivity index (χ4v) is 2.59. The lowest BCUT2D eigenvalue weighted by Crippen LogP contribution is -2.22. The van der Waals surface area contributed by atoms with Crippen molar-refractivity contribution in [2.24, 2.45) is 0 Å². The largest absolute Gasteiger partial charge is 0.394 e. The molecule has 132 valence electrons. The Kier molecular flexibility index (Phi) is 4.23. The van der Waals surface area contributed by atoms with E-state index in [-0.39, 0.29) is 29.7 Å². The Morgan fingerprint density at radius 1 is 1.28 bits per heavy atom. The molecule has 0 spiro atoms. The first kappa shape index (κ1) is 17.0. The summed E-state index contributed by atoms with van der Waals surface area (Å²) in [6.45, 7) is 0.0406. The average Bonchev–Trinajstić information content (AvgIpc) is 2.91. The number of aromatic amines is 1. The molecule has 0 aliphatic rings. The minimum atomic E-state index is -4.34. The predicted molar refractivity (Wildman–Crippen MR) is 84.6 cm³/mol. The minimum Gasteiger partial charge on any atom is -0.394 e. The van der Waals surface area contributed by atoms with Crippen LogP contribution in [0.4, 0.5) is 23.2 Å². The maximum atomic E-state index is 13.7. The zero-order chi connectivity index (χ0) is 18.2. The third-order valence-corrected chi connectivity index (χ3v) is 3.74. The number of alkyl halides is 3. The van der Waals surface area contributed by atoms with Gasteiger partial charge in [0.05, 0.1) is 23.3 Å². The van der Waals surface area contributed by atoms with Crippen molar-refractivity contribution >= 4 is 16.7 Å². The number of hydrogen-bond donors (Lipinski definition) is 2. The monoisotopic (exact) mass is 354 g/mol. The van der Waals surface area contributed by atoms with Crippen LogP contribution in [-0.4, -0.2) is 20.7 Å². The van der Waals surface area contributed by atoms with Gasteiger partial charge in [-0.3, -0.25) is 4.79 Å². The minimum absolute atomic E-state index is 0.0406. The summed E-state index contributed by atoms with van der Waals surface area (Å²) in [4.78, 5) is 19.0. The molecule has 0 amide bonds. The van der Waals surface area contributed by atoms with Gasteiger partial charge in [-0.05, 0) is 30.2 Å². The van der Waals surface area contributed by atoms with Crippen LogP contribution in [0.5, 0.6) is 0 Å². The van der Waals surface area contributed by atoms with Crippen LogP contribution >= 0.6 is 0 Å². The van der Waals surface area contributed by atoms with E-state index in [0.29, 0.717) is 11.3 Å². The second-order valence-corrected chi connectivity index (χ2v) is 5.65. The molecule has 3 rings (SSSR count). The molecular weight excluding hydrogens is 340 g/mol. The number of halogens is 4. The number of anilines is 1. The topological polar surface area (TPSA) is 76.7 Å². The number of aromatic nitrogens is 3. The van der Waals surface area contributed by atoms with E-state index in [1.165, 1.54) is 16.8 Å². The molecule has 2 aromatic heterocycles. The Bertz CT molecular complexity index is 974. The summed E-state index contributed by atoms with van der Waals surface area (Å²) in [5, 5.41) is 0. The molecule has 0 bridgehead atoms. The quantitative estimate of drug-likeness (QED) is 0.707. The number of imidazole rings is 1. The number of benzene rings is 1. The summed E-state index contributed by atoms with van der Waals surface area (Å²) in [6.07, 6.45) is -4.25. The predicted octanol–water partition coefficient (Wildman–Crippen LogP) is 2.99. The molecule has 9 heteroatoms. The second kappa shape index (κ2) is 6.23. The van der Waals surface area contributed by atoms with Crippen LogP contribution < -0.4 is 11.3 Å². The summed E-state index contributed by atoms with van der Waals surface area (Å²) >= 11 is 0. The summed E-state index contributed by atoms with van der Waals surface area (Å²) in [5.74, 6) is -0.342. The third kappa shape index (κ3) is 3.81. The number of pyridine rings is 1. The summed E-state index contributed by atoms with van der Waals surface area (Å²) < 4.78 is 52.3. The Balaban J connectivity index is 1.96. The van der Waals surface area contributed by atoms with E-state index in [1.807, 2.05) is 0 Å². The number of nitrogens with two attached hydrogens (primary N) is 1. The van der Waals surface area contributed by atoms with Gasteiger partial charge in [-0.2, -0.15) is 13.2 Å². The van der Waals surface area contributed by atoms with Gasteiger partial charge in [0.2, 0.25) is 0 Å². The number of hydrogen-bond acceptors (Lipinski definition) is 3. The van der Waals surface area contributed by atoms with Gasteiger partial charge in [0.15, 0.2) is 0 Å². The van der Waals surface area contributed by atoms with Crippen LogP contribution in [0.2, 0.25) is 0 Å². The molecule has 3 aromatic rings. The van der Waals surface area contributed by atoms with E-state index in [9.17, 15) is 22.4 Å². The van der Waals surface area contributed by atoms with Gasteiger partial charge in [0, 0.05) is 18.7 Å². The van der Waals surface area contributed by atoms with E-state index in [4.69, 9.17) is 5.73 Å². The van der Waals surface area contributed by atoms with Crippen molar-refractivity contribution in [1.82, 2.24) is 14.5 Å². The second-order valence-electron chi connectivity index (χ2n) is 5.65. The van der Waals surface area contributed by atoms with E-state index < -0.39 is 24.0 Å². The molecule has 2 heterocycles. The fraction of sp³-hybridized carbons (Fsp3) is 0.250. The molecule has 1 aromatic carbocycles. The lowest BCUT2D eigenvalue weighted by atomic mass is 10.1. The Labute approximate surface area is 139 Å². The highest BCUT2D eigenvalue weighted by Gasteiger charge is 2.27. The molecule has 5 nitrogen and oxygen atoms in total. The van der Waals surface area contributed by atoms with Gasteiger partial charge in [0.25, 0.3) is 5.56 Å². The first-order chi connectivity index (χ1) is 11.7. The molecule has 0 aliphatic carbocycles. The van der Waals surface area contributed by atoms with Crippen molar-refractivity contribution in [3.05, 3.63) is 58.0 Å². The Morgan fingerprint density at radius 2 is 2.04 bits per heavy atom. The SMILES string of the molecule is Nc1cccn(Cc2nc3cc(F)cc(CCC(F)(F)F)c3[nH]2)c1=O. The summed E-state index contributed by atoms with van der Waals surface area (Å²) in [6, 6.07) is 5.24. The molecule has 0 saturated heterocycles. The van der Waals surface area contributed by atoms with Crippen molar-refractivity contribution in [1.29, 1.82) is 0 Å². The van der Waals surface area contributed by atoms with Crippen molar-refractivity contribution in [3.63, 3.8) is 0 Å². The van der Waals surface area contributed by atoms with E-state index in [1.54, 1.807) is 6.07 Å². The van der Waals surface area contributed by atoms with Gasteiger partial charge < -0.3 is 15.3 Å². The van der Waals surface area contributed by atoms with Gasteiger partial charge in [-0.1, -0.05) is 0 Å². The van der Waals surface area contributed by atoms with Gasteiger partial charge >= 0.3 is 6.18 Å². The summed E-state index contributed by atoms with van der Waals surface area (Å²) in [5.41, 5.74) is 5.94. The lowest BCUT2D eigenvalue weighted by Gasteiger charge is -2.07. The third-order valence-electron chi connectivity index (χ3n) is 3.74. The van der Waals surface area contributed by atoms with Crippen LogP contribution in [0.25, 0.3) is 11.0 Å². The van der Waals surface area contributed by atoms with E-state index in [2.05, 4.69) is 9.97 Å². The number of aryl methyl sites for hydroxylation is 1. The smallest absolute Gasteiger partial charge is 0.389 e. The van der Waals surface area contributed by atoms with Crippen molar-refractivity contribution in [3.8, 4) is 0 Å². The van der Waals surface area contributed by atoms with Crippen LogP contribution in [0.15, 0.2) is 35.3 Å². The standard InChI is InChI=1S/C16H14F4N4O/c17-10-6-9(3-4-16(18,19)20)14-12(7-10)22-13(23-14)8-24-5-1-2-11(21)15(24)25/h1-2,5-7H,3-4,8,21H2,(H,22,23). The molecule has 25 heavy (non-hydrogen) atoms. The highest BCUT2D eigenvalue weighted by atomic mass is 19.4. The Morgan fingerprint density at radius 3 is 2.76 bits per heavy atom. The van der Waals surface area contributed by atoms with Gasteiger partial charge in [-0.25, -0.2) is 9.37 Å². The zero-order valence-corrected chi connectivity index (χ0v) is 12.9. The molecule has 0 fully saturated rings. The van der Waals surface area contributed by atoms with Crippen molar-refractivity contribution < 1.29 is 17.6 Å². The number of rotatable bonds is 4.